The molecule has 2 aliphatic heterocycles. The van der Waals surface area contributed by atoms with Gasteiger partial charge < -0.3 is 5.32 Å². The third kappa shape index (κ3) is 2.30. The van der Waals surface area contributed by atoms with Crippen molar-refractivity contribution >= 4 is 10.0 Å². The standard InChI is InChI=1S/C14H20N2O2S/c1-11-4-6-13(7-5-11)19(17,18)16-8-2-3-12-9-15-10-14(12)16/h4-7,12,14-15H,2-3,8-10H2,1H3. The summed E-state index contributed by atoms with van der Waals surface area (Å²) in [5, 5.41) is 3.32. The Morgan fingerprint density at radius 2 is 1.95 bits per heavy atom. The van der Waals surface area contributed by atoms with Crippen LogP contribution >= 0.6 is 0 Å². The van der Waals surface area contributed by atoms with Crippen LogP contribution in [0.4, 0.5) is 0 Å². The first-order chi connectivity index (χ1) is 9.09. The summed E-state index contributed by atoms with van der Waals surface area (Å²) in [5.74, 6) is 0.481. The first kappa shape index (κ1) is 13.1. The quantitative estimate of drug-likeness (QED) is 0.890. The molecule has 0 bridgehead atoms. The Hall–Kier alpha value is -0.910. The van der Waals surface area contributed by atoms with E-state index < -0.39 is 10.0 Å². The number of benzene rings is 1. The maximum atomic E-state index is 12.7. The van der Waals surface area contributed by atoms with Crippen LogP contribution in [0.5, 0.6) is 0 Å². The Balaban J connectivity index is 1.93. The van der Waals surface area contributed by atoms with Gasteiger partial charge in [-0.25, -0.2) is 8.42 Å². The Kier molecular flexibility index (Phi) is 3.37. The molecule has 1 N–H and O–H groups in total. The molecule has 0 aliphatic carbocycles. The molecule has 2 atom stereocenters. The largest absolute Gasteiger partial charge is 0.315 e. The van der Waals surface area contributed by atoms with E-state index in [1.54, 1.807) is 16.4 Å². The molecule has 0 radical (unpaired) electrons. The molecule has 2 fully saturated rings. The van der Waals surface area contributed by atoms with Crippen LogP contribution in [0.1, 0.15) is 18.4 Å². The lowest BCUT2D eigenvalue weighted by Crippen LogP contribution is -2.48. The molecule has 2 aliphatic rings. The van der Waals surface area contributed by atoms with Gasteiger partial charge in [0.2, 0.25) is 10.0 Å². The van der Waals surface area contributed by atoms with Crippen LogP contribution in [0.25, 0.3) is 0 Å². The number of aryl methyl sites for hydroxylation is 1. The number of hydrogen-bond donors (Lipinski definition) is 1. The molecule has 2 saturated heterocycles. The van der Waals surface area contributed by atoms with E-state index in [2.05, 4.69) is 5.32 Å². The Labute approximate surface area is 114 Å². The maximum Gasteiger partial charge on any atom is 0.243 e. The van der Waals surface area contributed by atoms with Crippen molar-refractivity contribution < 1.29 is 8.42 Å². The lowest BCUT2D eigenvalue weighted by atomic mass is 9.94. The van der Waals surface area contributed by atoms with Gasteiger partial charge in [-0.15, -0.1) is 0 Å². The van der Waals surface area contributed by atoms with Gasteiger partial charge in [-0.1, -0.05) is 17.7 Å². The Morgan fingerprint density at radius 3 is 2.68 bits per heavy atom. The number of hydrogen-bond acceptors (Lipinski definition) is 3. The van der Waals surface area contributed by atoms with Crippen molar-refractivity contribution in [3.05, 3.63) is 29.8 Å². The van der Waals surface area contributed by atoms with E-state index in [4.69, 9.17) is 0 Å². The molecule has 2 heterocycles. The van der Waals surface area contributed by atoms with Crippen LogP contribution in [0, 0.1) is 12.8 Å². The van der Waals surface area contributed by atoms with Crippen LogP contribution in [0.15, 0.2) is 29.2 Å². The van der Waals surface area contributed by atoms with Crippen molar-refractivity contribution in [3.63, 3.8) is 0 Å². The molecular formula is C14H20N2O2S. The zero-order valence-electron chi connectivity index (χ0n) is 11.2. The molecule has 1 aromatic rings. The van der Waals surface area contributed by atoms with Gasteiger partial charge in [0.1, 0.15) is 0 Å². The summed E-state index contributed by atoms with van der Waals surface area (Å²) in [6.07, 6.45) is 2.10. The molecule has 5 heteroatoms. The van der Waals surface area contributed by atoms with Gasteiger partial charge in [-0.2, -0.15) is 4.31 Å². The average molecular weight is 280 g/mol. The monoisotopic (exact) mass is 280 g/mol. The molecule has 19 heavy (non-hydrogen) atoms. The predicted molar refractivity (Wildman–Crippen MR) is 74.5 cm³/mol. The number of fused-ring (bicyclic) bond motifs is 1. The van der Waals surface area contributed by atoms with E-state index in [0.29, 0.717) is 17.4 Å². The highest BCUT2D eigenvalue weighted by molar-refractivity contribution is 7.89. The van der Waals surface area contributed by atoms with E-state index in [9.17, 15) is 8.42 Å². The van der Waals surface area contributed by atoms with Crippen molar-refractivity contribution in [1.82, 2.24) is 9.62 Å². The first-order valence-corrected chi connectivity index (χ1v) is 8.32. The summed E-state index contributed by atoms with van der Waals surface area (Å²) in [5.41, 5.74) is 1.08. The Bertz CT molecular complexity index is 553. The van der Waals surface area contributed by atoms with Gasteiger partial charge in [0.25, 0.3) is 0 Å². The van der Waals surface area contributed by atoms with Gasteiger partial charge in [-0.05, 0) is 44.4 Å². The van der Waals surface area contributed by atoms with Crippen molar-refractivity contribution in [2.75, 3.05) is 19.6 Å². The number of nitrogens with one attached hydrogen (secondary N) is 1. The van der Waals surface area contributed by atoms with Crippen LogP contribution in [-0.4, -0.2) is 38.4 Å². The molecule has 0 aromatic heterocycles. The fourth-order valence-corrected chi connectivity index (χ4v) is 4.89. The van der Waals surface area contributed by atoms with Crippen LogP contribution in [0.2, 0.25) is 0 Å². The highest BCUT2D eigenvalue weighted by Crippen LogP contribution is 2.31. The number of nitrogens with zero attached hydrogens (tertiary/aromatic N) is 1. The smallest absolute Gasteiger partial charge is 0.243 e. The van der Waals surface area contributed by atoms with Crippen LogP contribution in [-0.2, 0) is 10.0 Å². The van der Waals surface area contributed by atoms with Crippen LogP contribution in [0.3, 0.4) is 0 Å². The zero-order chi connectivity index (χ0) is 13.5. The minimum absolute atomic E-state index is 0.139. The maximum absolute atomic E-state index is 12.7. The molecule has 2 unspecified atom stereocenters. The lowest BCUT2D eigenvalue weighted by molar-refractivity contribution is 0.217. The molecule has 1 aromatic carbocycles. The molecule has 3 rings (SSSR count). The second-order valence-electron chi connectivity index (χ2n) is 5.56. The number of piperidine rings is 1. The highest BCUT2D eigenvalue weighted by Gasteiger charge is 2.41. The van der Waals surface area contributed by atoms with E-state index in [0.717, 1.165) is 31.5 Å². The van der Waals surface area contributed by atoms with E-state index in [-0.39, 0.29) is 6.04 Å². The molecular weight excluding hydrogens is 260 g/mol. The fraction of sp³-hybridized carbons (Fsp3) is 0.571. The normalized spacial score (nSPS) is 28.3. The molecule has 0 amide bonds. The van der Waals surface area contributed by atoms with Crippen LogP contribution < -0.4 is 5.32 Å². The van der Waals surface area contributed by atoms with Crippen molar-refractivity contribution in [1.29, 1.82) is 0 Å². The summed E-state index contributed by atoms with van der Waals surface area (Å²) < 4.78 is 27.2. The minimum Gasteiger partial charge on any atom is -0.315 e. The van der Waals surface area contributed by atoms with Gasteiger partial charge in [0.15, 0.2) is 0 Å². The third-order valence-corrected chi connectivity index (χ3v) is 6.19. The van der Waals surface area contributed by atoms with E-state index in [1.807, 2.05) is 19.1 Å². The summed E-state index contributed by atoms with van der Waals surface area (Å²) in [4.78, 5) is 0.422. The first-order valence-electron chi connectivity index (χ1n) is 6.88. The highest BCUT2D eigenvalue weighted by atomic mass is 32.2. The zero-order valence-corrected chi connectivity index (χ0v) is 12.0. The van der Waals surface area contributed by atoms with E-state index in [1.165, 1.54) is 0 Å². The predicted octanol–water partition coefficient (Wildman–Crippen LogP) is 1.37. The topological polar surface area (TPSA) is 49.4 Å². The second kappa shape index (κ2) is 4.89. The second-order valence-corrected chi connectivity index (χ2v) is 7.45. The summed E-state index contributed by atoms with van der Waals surface area (Å²) in [6, 6.07) is 7.30. The average Bonchev–Trinajstić information content (AvgIpc) is 2.87. The van der Waals surface area contributed by atoms with Gasteiger partial charge >= 0.3 is 0 Å². The lowest BCUT2D eigenvalue weighted by Gasteiger charge is -2.35. The summed E-state index contributed by atoms with van der Waals surface area (Å²) in [7, 11) is -3.34. The van der Waals surface area contributed by atoms with Crippen molar-refractivity contribution in [2.24, 2.45) is 5.92 Å². The number of rotatable bonds is 2. The van der Waals surface area contributed by atoms with Crippen molar-refractivity contribution in [3.8, 4) is 0 Å². The fourth-order valence-electron chi connectivity index (χ4n) is 3.17. The molecule has 104 valence electrons. The molecule has 0 spiro atoms. The number of sulfonamides is 1. The van der Waals surface area contributed by atoms with Gasteiger partial charge in [0, 0.05) is 19.1 Å². The molecule has 4 nitrogen and oxygen atoms in total. The SMILES string of the molecule is Cc1ccc(S(=O)(=O)N2CCCC3CNCC32)cc1. The molecule has 0 saturated carbocycles. The van der Waals surface area contributed by atoms with Crippen molar-refractivity contribution in [2.45, 2.75) is 30.7 Å². The van der Waals surface area contributed by atoms with E-state index >= 15 is 0 Å². The van der Waals surface area contributed by atoms with Gasteiger partial charge in [0.05, 0.1) is 4.90 Å². The summed E-state index contributed by atoms with van der Waals surface area (Å²) in [6.45, 7) is 4.35. The van der Waals surface area contributed by atoms with Gasteiger partial charge in [-0.3, -0.25) is 0 Å². The minimum atomic E-state index is -3.34. The Morgan fingerprint density at radius 1 is 1.21 bits per heavy atom. The third-order valence-electron chi connectivity index (χ3n) is 4.26. The summed E-state index contributed by atoms with van der Waals surface area (Å²) >= 11 is 0.